The summed E-state index contributed by atoms with van der Waals surface area (Å²) < 4.78 is 0. The van der Waals surface area contributed by atoms with E-state index in [1.165, 1.54) is 4.90 Å². The van der Waals surface area contributed by atoms with E-state index in [4.69, 9.17) is 11.6 Å². The molecule has 0 saturated heterocycles. The molecular weight excluding hydrogens is 264 g/mol. The third-order valence-corrected chi connectivity index (χ3v) is 3.84. The van der Waals surface area contributed by atoms with Gasteiger partial charge in [0.05, 0.1) is 0 Å². The molecule has 0 aromatic heterocycles. The molecule has 18 heavy (non-hydrogen) atoms. The molecule has 0 spiro atoms. The lowest BCUT2D eigenvalue weighted by Gasteiger charge is -2.12. The molecule has 0 saturated carbocycles. The Morgan fingerprint density at radius 2 is 1.50 bits per heavy atom. The van der Waals surface area contributed by atoms with Gasteiger partial charge in [0.25, 0.3) is 0 Å². The summed E-state index contributed by atoms with van der Waals surface area (Å²) in [5.41, 5.74) is 1.76. The minimum atomic E-state index is -0.594. The number of benzene rings is 2. The summed E-state index contributed by atoms with van der Waals surface area (Å²) >= 11 is 7.63. The van der Waals surface area contributed by atoms with Gasteiger partial charge in [-0.3, -0.25) is 0 Å². The molecule has 0 fully saturated rings. The minimum Gasteiger partial charge on any atom is -0.384 e. The molecule has 0 aliphatic carbocycles. The Morgan fingerprint density at radius 3 is 2.00 bits per heavy atom. The van der Waals surface area contributed by atoms with E-state index in [-0.39, 0.29) is 0 Å². The van der Waals surface area contributed by atoms with Crippen molar-refractivity contribution in [2.45, 2.75) is 17.9 Å². The maximum absolute atomic E-state index is 10.3. The monoisotopic (exact) mass is 278 g/mol. The summed E-state index contributed by atoms with van der Waals surface area (Å²) in [7, 11) is 0. The van der Waals surface area contributed by atoms with Gasteiger partial charge < -0.3 is 5.11 Å². The lowest BCUT2D eigenvalue weighted by molar-refractivity contribution is 0.220. The van der Waals surface area contributed by atoms with Crippen molar-refractivity contribution in [3.05, 3.63) is 64.7 Å². The molecule has 2 rings (SSSR count). The van der Waals surface area contributed by atoms with Crippen molar-refractivity contribution in [2.24, 2.45) is 0 Å². The Labute approximate surface area is 117 Å². The summed E-state index contributed by atoms with van der Waals surface area (Å²) in [5.74, 6) is 1.05. The van der Waals surface area contributed by atoms with Crippen LogP contribution in [0.4, 0.5) is 0 Å². The lowest BCUT2D eigenvalue weighted by Crippen LogP contribution is -1.98. The molecule has 0 unspecified atom stereocenters. The molecule has 1 atom stereocenters. The number of thioether (sulfide) groups is 1. The van der Waals surface area contributed by atoms with Crippen molar-refractivity contribution < 1.29 is 5.11 Å². The van der Waals surface area contributed by atoms with Gasteiger partial charge in [0.15, 0.2) is 0 Å². The molecule has 1 nitrogen and oxygen atoms in total. The number of hydrogen-bond acceptors (Lipinski definition) is 2. The van der Waals surface area contributed by atoms with Crippen LogP contribution in [0, 0.1) is 0 Å². The summed E-state index contributed by atoms with van der Waals surface area (Å²) in [6.07, 6.45) is -0.594. The van der Waals surface area contributed by atoms with Crippen molar-refractivity contribution in [1.29, 1.82) is 0 Å². The minimum absolute atomic E-state index is 0.594. The van der Waals surface area contributed by atoms with Crippen LogP contribution in [0.15, 0.2) is 53.4 Å². The zero-order chi connectivity index (χ0) is 13.0. The second-order valence-corrected chi connectivity index (χ2v) is 5.73. The van der Waals surface area contributed by atoms with E-state index < -0.39 is 6.10 Å². The lowest BCUT2D eigenvalue weighted by atomic mass is 10.0. The van der Waals surface area contributed by atoms with Gasteiger partial charge in [0, 0.05) is 9.92 Å². The molecule has 0 bridgehead atoms. The van der Waals surface area contributed by atoms with Crippen molar-refractivity contribution in [1.82, 2.24) is 0 Å². The Morgan fingerprint density at radius 1 is 1.00 bits per heavy atom. The van der Waals surface area contributed by atoms with Gasteiger partial charge in [-0.15, -0.1) is 11.8 Å². The predicted molar refractivity (Wildman–Crippen MR) is 78.4 cm³/mol. The van der Waals surface area contributed by atoms with E-state index in [0.29, 0.717) is 5.02 Å². The average Bonchev–Trinajstić information content (AvgIpc) is 2.40. The normalized spacial score (nSPS) is 12.4. The topological polar surface area (TPSA) is 20.2 Å². The molecule has 2 aromatic rings. The zero-order valence-electron chi connectivity index (χ0n) is 10.1. The van der Waals surface area contributed by atoms with Crippen LogP contribution in [-0.4, -0.2) is 10.9 Å². The van der Waals surface area contributed by atoms with Crippen LogP contribution in [0.1, 0.15) is 24.2 Å². The summed E-state index contributed by atoms with van der Waals surface area (Å²) in [6.45, 7) is 2.13. The van der Waals surface area contributed by atoms with Crippen LogP contribution >= 0.6 is 23.4 Å². The van der Waals surface area contributed by atoms with Crippen LogP contribution in [0.5, 0.6) is 0 Å². The van der Waals surface area contributed by atoms with Crippen LogP contribution < -0.4 is 0 Å². The highest BCUT2D eigenvalue weighted by atomic mass is 35.5. The average molecular weight is 279 g/mol. The largest absolute Gasteiger partial charge is 0.384 e. The number of hydrogen-bond donors (Lipinski definition) is 1. The molecule has 0 aliphatic heterocycles. The third-order valence-electron chi connectivity index (χ3n) is 2.69. The van der Waals surface area contributed by atoms with E-state index in [2.05, 4.69) is 6.92 Å². The standard InChI is InChI=1S/C15H15ClOS/c1-2-18-14-9-5-12(6-10-14)15(17)11-3-7-13(16)8-4-11/h3-10,15,17H,2H2,1H3/t15-/m1/s1. The first-order valence-electron chi connectivity index (χ1n) is 5.87. The van der Waals surface area contributed by atoms with Crippen molar-refractivity contribution in [3.8, 4) is 0 Å². The van der Waals surface area contributed by atoms with Crippen molar-refractivity contribution >= 4 is 23.4 Å². The Bertz CT molecular complexity index is 493. The summed E-state index contributed by atoms with van der Waals surface area (Å²) in [6, 6.07) is 15.3. The first-order valence-corrected chi connectivity index (χ1v) is 7.23. The quantitative estimate of drug-likeness (QED) is 0.829. The highest BCUT2D eigenvalue weighted by Gasteiger charge is 2.09. The van der Waals surface area contributed by atoms with Gasteiger partial charge in [-0.1, -0.05) is 42.8 Å². The first-order chi connectivity index (χ1) is 8.70. The Kier molecular flexibility index (Phi) is 4.70. The van der Waals surface area contributed by atoms with Gasteiger partial charge in [-0.2, -0.15) is 0 Å². The van der Waals surface area contributed by atoms with E-state index in [0.717, 1.165) is 16.9 Å². The fourth-order valence-electron chi connectivity index (χ4n) is 1.75. The second-order valence-electron chi connectivity index (χ2n) is 3.96. The first kappa shape index (κ1) is 13.5. The smallest absolute Gasteiger partial charge is 0.104 e. The Hall–Kier alpha value is -0.960. The van der Waals surface area contributed by atoms with Crippen LogP contribution in [0.3, 0.4) is 0 Å². The third kappa shape index (κ3) is 3.29. The molecule has 2 aromatic carbocycles. The highest BCUT2D eigenvalue weighted by Crippen LogP contribution is 2.25. The fraction of sp³-hybridized carbons (Fsp3) is 0.200. The molecule has 0 amide bonds. The number of aliphatic hydroxyl groups excluding tert-OH is 1. The second kappa shape index (κ2) is 6.28. The van der Waals surface area contributed by atoms with Gasteiger partial charge in [0.2, 0.25) is 0 Å². The van der Waals surface area contributed by atoms with Gasteiger partial charge in [-0.25, -0.2) is 0 Å². The molecule has 0 radical (unpaired) electrons. The maximum Gasteiger partial charge on any atom is 0.104 e. The number of halogens is 1. The predicted octanol–water partition coefficient (Wildman–Crippen LogP) is 4.53. The van der Waals surface area contributed by atoms with Gasteiger partial charge in [0.1, 0.15) is 6.10 Å². The SMILES string of the molecule is CCSc1ccc([C@H](O)c2ccc(Cl)cc2)cc1. The van der Waals surface area contributed by atoms with Gasteiger partial charge in [-0.05, 0) is 41.1 Å². The molecule has 1 N–H and O–H groups in total. The van der Waals surface area contributed by atoms with E-state index in [9.17, 15) is 5.11 Å². The number of aliphatic hydroxyl groups is 1. The molecule has 0 heterocycles. The van der Waals surface area contributed by atoms with Crippen molar-refractivity contribution in [2.75, 3.05) is 5.75 Å². The van der Waals surface area contributed by atoms with Crippen LogP contribution in [-0.2, 0) is 0 Å². The van der Waals surface area contributed by atoms with E-state index in [1.54, 1.807) is 23.9 Å². The summed E-state index contributed by atoms with van der Waals surface area (Å²) in [5, 5.41) is 10.9. The fourth-order valence-corrected chi connectivity index (χ4v) is 2.54. The molecular formula is C15H15ClOS. The van der Waals surface area contributed by atoms with Crippen LogP contribution in [0.2, 0.25) is 5.02 Å². The maximum atomic E-state index is 10.3. The molecule has 0 aliphatic rings. The highest BCUT2D eigenvalue weighted by molar-refractivity contribution is 7.99. The van der Waals surface area contributed by atoms with Crippen molar-refractivity contribution in [3.63, 3.8) is 0 Å². The van der Waals surface area contributed by atoms with E-state index in [1.807, 2.05) is 36.4 Å². The summed E-state index contributed by atoms with van der Waals surface area (Å²) in [4.78, 5) is 1.23. The molecule has 3 heteroatoms. The Balaban J connectivity index is 2.17. The van der Waals surface area contributed by atoms with Gasteiger partial charge >= 0.3 is 0 Å². The molecule has 94 valence electrons. The zero-order valence-corrected chi connectivity index (χ0v) is 11.7. The van der Waals surface area contributed by atoms with E-state index >= 15 is 0 Å². The van der Waals surface area contributed by atoms with Crippen LogP contribution in [0.25, 0.3) is 0 Å². The number of rotatable bonds is 4.